The summed E-state index contributed by atoms with van der Waals surface area (Å²) in [5.74, 6) is 0.986. The molecule has 3 atom stereocenters. The van der Waals surface area contributed by atoms with Gasteiger partial charge in [0.2, 0.25) is 11.8 Å². The molecule has 0 saturated heterocycles. The van der Waals surface area contributed by atoms with E-state index in [1.54, 1.807) is 0 Å². The molecule has 152 valence electrons. The number of aryl methyl sites for hydroxylation is 1. The van der Waals surface area contributed by atoms with Crippen molar-refractivity contribution in [2.75, 3.05) is 6.54 Å². The molecule has 1 aromatic heterocycles. The minimum absolute atomic E-state index is 0.0427. The number of aromatic nitrogens is 3. The summed E-state index contributed by atoms with van der Waals surface area (Å²) in [5.41, 5.74) is 2.28. The lowest BCUT2D eigenvalue weighted by Gasteiger charge is -2.29. The van der Waals surface area contributed by atoms with Crippen molar-refractivity contribution in [1.82, 2.24) is 26.0 Å². The van der Waals surface area contributed by atoms with E-state index in [1.807, 2.05) is 0 Å². The van der Waals surface area contributed by atoms with Gasteiger partial charge < -0.3 is 10.6 Å². The molecule has 1 aromatic rings. The molecule has 4 aliphatic rings. The molecule has 28 heavy (non-hydrogen) atoms. The Kier molecular flexibility index (Phi) is 4.63. The van der Waals surface area contributed by atoms with E-state index < -0.39 is 0 Å². The van der Waals surface area contributed by atoms with E-state index in [0.717, 1.165) is 43.5 Å². The van der Waals surface area contributed by atoms with Gasteiger partial charge in [-0.3, -0.25) is 9.59 Å². The number of H-pyrrole nitrogens is 1. The normalized spacial score (nSPS) is 29.0. The summed E-state index contributed by atoms with van der Waals surface area (Å²) in [6.07, 6.45) is 11.8. The summed E-state index contributed by atoms with van der Waals surface area (Å²) < 4.78 is 0. The lowest BCUT2D eigenvalue weighted by atomic mass is 9.79. The average molecular weight is 386 g/mol. The van der Waals surface area contributed by atoms with Crippen LogP contribution in [0.5, 0.6) is 0 Å². The SMILES string of the molecule is O=C(NC(CNC(=O)C1CC12CCC2)C1CCCC1)C1CCc2n[nH]nc2C1. The van der Waals surface area contributed by atoms with Crippen LogP contribution in [0.2, 0.25) is 0 Å². The molecule has 1 spiro atoms. The first-order chi connectivity index (χ1) is 13.6. The summed E-state index contributed by atoms with van der Waals surface area (Å²) in [6, 6.07) is 0.0498. The molecule has 1 heterocycles. The third-order valence-electron chi connectivity index (χ3n) is 7.89. The first-order valence-corrected chi connectivity index (χ1v) is 11.1. The van der Waals surface area contributed by atoms with E-state index in [0.29, 0.717) is 24.3 Å². The number of rotatable bonds is 6. The van der Waals surface area contributed by atoms with E-state index in [-0.39, 0.29) is 29.7 Å². The zero-order valence-corrected chi connectivity index (χ0v) is 16.5. The number of nitrogens with one attached hydrogen (secondary N) is 3. The van der Waals surface area contributed by atoms with Crippen molar-refractivity contribution in [3.8, 4) is 0 Å². The van der Waals surface area contributed by atoms with Crippen LogP contribution in [0.1, 0.15) is 69.2 Å². The molecular formula is C21H31N5O2. The largest absolute Gasteiger partial charge is 0.354 e. The molecular weight excluding hydrogens is 354 g/mol. The van der Waals surface area contributed by atoms with Gasteiger partial charge in [0, 0.05) is 30.8 Å². The van der Waals surface area contributed by atoms with Gasteiger partial charge >= 0.3 is 0 Å². The van der Waals surface area contributed by atoms with Crippen LogP contribution in [-0.4, -0.2) is 39.8 Å². The Balaban J connectivity index is 1.18. The Labute approximate surface area is 165 Å². The maximum Gasteiger partial charge on any atom is 0.223 e. The zero-order valence-electron chi connectivity index (χ0n) is 16.5. The summed E-state index contributed by atoms with van der Waals surface area (Å²) >= 11 is 0. The quantitative estimate of drug-likeness (QED) is 0.696. The van der Waals surface area contributed by atoms with Gasteiger partial charge in [-0.2, -0.15) is 15.4 Å². The summed E-state index contributed by atoms with van der Waals surface area (Å²) in [6.45, 7) is 0.573. The Morgan fingerprint density at radius 3 is 2.57 bits per heavy atom. The highest BCUT2D eigenvalue weighted by Gasteiger charge is 2.60. The second-order valence-corrected chi connectivity index (χ2v) is 9.53. The van der Waals surface area contributed by atoms with Gasteiger partial charge in [0.1, 0.15) is 0 Å². The maximum atomic E-state index is 13.0. The molecule has 0 aliphatic heterocycles. The molecule has 0 radical (unpaired) electrons. The average Bonchev–Trinajstić information content (AvgIpc) is 3.02. The summed E-state index contributed by atoms with van der Waals surface area (Å²) in [5, 5.41) is 17.5. The van der Waals surface area contributed by atoms with Gasteiger partial charge in [0.05, 0.1) is 11.4 Å². The van der Waals surface area contributed by atoms with Crippen molar-refractivity contribution < 1.29 is 9.59 Å². The van der Waals surface area contributed by atoms with Crippen molar-refractivity contribution in [1.29, 1.82) is 0 Å². The van der Waals surface area contributed by atoms with Crippen molar-refractivity contribution >= 4 is 11.8 Å². The van der Waals surface area contributed by atoms with Gasteiger partial charge in [-0.05, 0) is 56.3 Å². The first kappa shape index (κ1) is 18.1. The summed E-state index contributed by atoms with van der Waals surface area (Å²) in [4.78, 5) is 25.5. The molecule has 3 unspecified atom stereocenters. The number of fused-ring (bicyclic) bond motifs is 1. The summed E-state index contributed by atoms with van der Waals surface area (Å²) in [7, 11) is 0. The molecule has 7 nitrogen and oxygen atoms in total. The molecule has 0 aromatic carbocycles. The monoisotopic (exact) mass is 385 g/mol. The van der Waals surface area contributed by atoms with Crippen LogP contribution >= 0.6 is 0 Å². The predicted octanol–water partition coefficient (Wildman–Crippen LogP) is 1.89. The van der Waals surface area contributed by atoms with Gasteiger partial charge in [0.15, 0.2) is 0 Å². The Morgan fingerprint density at radius 2 is 1.86 bits per heavy atom. The van der Waals surface area contributed by atoms with E-state index >= 15 is 0 Å². The van der Waals surface area contributed by atoms with Gasteiger partial charge in [0.25, 0.3) is 0 Å². The van der Waals surface area contributed by atoms with E-state index in [1.165, 1.54) is 32.1 Å². The molecule has 2 amide bonds. The van der Waals surface area contributed by atoms with Crippen LogP contribution in [-0.2, 0) is 22.4 Å². The smallest absolute Gasteiger partial charge is 0.223 e. The van der Waals surface area contributed by atoms with E-state index in [9.17, 15) is 9.59 Å². The Morgan fingerprint density at radius 1 is 1.07 bits per heavy atom. The van der Waals surface area contributed by atoms with Crippen LogP contribution in [0.4, 0.5) is 0 Å². The van der Waals surface area contributed by atoms with Crippen molar-refractivity contribution in [2.45, 2.75) is 76.7 Å². The fourth-order valence-electron chi connectivity index (χ4n) is 5.74. The fourth-order valence-corrected chi connectivity index (χ4v) is 5.74. The van der Waals surface area contributed by atoms with Crippen molar-refractivity contribution in [3.05, 3.63) is 11.4 Å². The third-order valence-corrected chi connectivity index (χ3v) is 7.89. The van der Waals surface area contributed by atoms with Crippen LogP contribution in [0.3, 0.4) is 0 Å². The van der Waals surface area contributed by atoms with Crippen molar-refractivity contribution in [3.63, 3.8) is 0 Å². The van der Waals surface area contributed by atoms with Crippen molar-refractivity contribution in [2.24, 2.45) is 23.2 Å². The minimum atomic E-state index is -0.0427. The van der Waals surface area contributed by atoms with Crippen LogP contribution in [0.15, 0.2) is 0 Å². The number of amides is 2. The van der Waals surface area contributed by atoms with Gasteiger partial charge in [-0.25, -0.2) is 0 Å². The molecule has 4 aliphatic carbocycles. The lowest BCUT2D eigenvalue weighted by Crippen LogP contribution is -2.50. The highest BCUT2D eigenvalue weighted by molar-refractivity contribution is 5.83. The van der Waals surface area contributed by atoms with Gasteiger partial charge in [-0.15, -0.1) is 0 Å². The molecule has 3 saturated carbocycles. The highest BCUT2D eigenvalue weighted by atomic mass is 16.2. The highest BCUT2D eigenvalue weighted by Crippen LogP contribution is 2.65. The van der Waals surface area contributed by atoms with E-state index in [2.05, 4.69) is 26.0 Å². The first-order valence-electron chi connectivity index (χ1n) is 11.1. The second-order valence-electron chi connectivity index (χ2n) is 9.53. The number of carbonyl (C=O) groups excluding carboxylic acids is 2. The second kappa shape index (κ2) is 7.16. The van der Waals surface area contributed by atoms with Crippen LogP contribution in [0.25, 0.3) is 0 Å². The number of hydrogen-bond acceptors (Lipinski definition) is 4. The maximum absolute atomic E-state index is 13.0. The predicted molar refractivity (Wildman–Crippen MR) is 103 cm³/mol. The number of hydrogen-bond donors (Lipinski definition) is 3. The molecule has 7 heteroatoms. The molecule has 3 N–H and O–H groups in total. The number of nitrogens with zero attached hydrogens (tertiary/aromatic N) is 2. The standard InChI is InChI=1S/C21H31N5O2/c27-19(14-6-7-16-17(10-14)25-26-24-16)23-18(13-4-1-2-5-13)12-22-20(28)15-11-21(15)8-3-9-21/h13-15,18H,1-12H2,(H,22,28)(H,23,27)(H,24,25,26). The Hall–Kier alpha value is -1.92. The third kappa shape index (κ3) is 3.33. The Bertz CT molecular complexity index is 750. The van der Waals surface area contributed by atoms with Crippen LogP contribution in [0, 0.1) is 23.2 Å². The molecule has 3 fully saturated rings. The fraction of sp³-hybridized carbons (Fsp3) is 0.810. The zero-order chi connectivity index (χ0) is 19.1. The minimum Gasteiger partial charge on any atom is -0.354 e. The number of carbonyl (C=O) groups is 2. The molecule has 0 bridgehead atoms. The molecule has 5 rings (SSSR count). The van der Waals surface area contributed by atoms with Crippen LogP contribution < -0.4 is 10.6 Å². The topological polar surface area (TPSA) is 99.8 Å². The van der Waals surface area contributed by atoms with Gasteiger partial charge in [-0.1, -0.05) is 19.3 Å². The lowest BCUT2D eigenvalue weighted by molar-refractivity contribution is -0.127. The number of aromatic amines is 1. The van der Waals surface area contributed by atoms with E-state index in [4.69, 9.17) is 0 Å².